The van der Waals surface area contributed by atoms with Gasteiger partial charge < -0.3 is 10.6 Å². The molecule has 2 aliphatic carbocycles. The van der Waals surface area contributed by atoms with Gasteiger partial charge >= 0.3 is 0 Å². The summed E-state index contributed by atoms with van der Waals surface area (Å²) in [5.41, 5.74) is 7.87. The summed E-state index contributed by atoms with van der Waals surface area (Å²) < 4.78 is 0. The van der Waals surface area contributed by atoms with Crippen molar-refractivity contribution in [2.75, 3.05) is 24.2 Å². The molecule has 3 atom stereocenters. The number of nitrogen functional groups attached to an aromatic ring is 1. The maximum atomic E-state index is 6.04. The summed E-state index contributed by atoms with van der Waals surface area (Å²) in [4.78, 5) is 6.84. The van der Waals surface area contributed by atoms with E-state index in [1.54, 1.807) is 0 Å². The van der Waals surface area contributed by atoms with E-state index in [-0.39, 0.29) is 0 Å². The average Bonchev–Trinajstić information content (AvgIpc) is 2.94. The number of aryl methyl sites for hydroxylation is 1. The zero-order valence-corrected chi connectivity index (χ0v) is 11.4. The first-order chi connectivity index (χ1) is 8.63. The number of aromatic nitrogens is 1. The standard InChI is InChI=1S/C15H23N3/c1-10-3-6-14(16)15(17-10)18(2)9-13-8-11-4-5-12(13)7-11/h3,6,11-13H,4-5,7-9,16H2,1-2H3. The molecule has 1 heterocycles. The Morgan fingerprint density at radius 2 is 2.17 bits per heavy atom. The van der Waals surface area contributed by atoms with Crippen LogP contribution in [0.1, 0.15) is 31.4 Å². The zero-order valence-electron chi connectivity index (χ0n) is 11.4. The highest BCUT2D eigenvalue weighted by atomic mass is 15.2. The molecule has 3 unspecified atom stereocenters. The minimum Gasteiger partial charge on any atom is -0.396 e. The molecule has 18 heavy (non-hydrogen) atoms. The smallest absolute Gasteiger partial charge is 0.151 e. The number of anilines is 2. The van der Waals surface area contributed by atoms with Gasteiger partial charge in [0.25, 0.3) is 0 Å². The van der Waals surface area contributed by atoms with Gasteiger partial charge in [0.2, 0.25) is 0 Å². The second-order valence-electron chi connectivity index (χ2n) is 6.18. The van der Waals surface area contributed by atoms with Crippen LogP contribution in [0.3, 0.4) is 0 Å². The number of pyridine rings is 1. The summed E-state index contributed by atoms with van der Waals surface area (Å²) in [5, 5.41) is 0. The lowest BCUT2D eigenvalue weighted by molar-refractivity contribution is 0.337. The van der Waals surface area contributed by atoms with E-state index >= 15 is 0 Å². The topological polar surface area (TPSA) is 42.1 Å². The van der Waals surface area contributed by atoms with Crippen molar-refractivity contribution in [3.05, 3.63) is 17.8 Å². The van der Waals surface area contributed by atoms with Crippen molar-refractivity contribution >= 4 is 11.5 Å². The highest BCUT2D eigenvalue weighted by Gasteiger charge is 2.39. The molecule has 0 saturated heterocycles. The van der Waals surface area contributed by atoms with Crippen molar-refractivity contribution in [3.8, 4) is 0 Å². The van der Waals surface area contributed by atoms with Crippen LogP contribution < -0.4 is 10.6 Å². The Hall–Kier alpha value is -1.25. The van der Waals surface area contributed by atoms with Gasteiger partial charge in [0.15, 0.2) is 5.82 Å². The number of fused-ring (bicyclic) bond motifs is 2. The summed E-state index contributed by atoms with van der Waals surface area (Å²) in [7, 11) is 2.13. The molecule has 1 aromatic rings. The van der Waals surface area contributed by atoms with Crippen LogP contribution in [0.2, 0.25) is 0 Å². The molecule has 0 amide bonds. The Kier molecular flexibility index (Phi) is 2.92. The van der Waals surface area contributed by atoms with Gasteiger partial charge in [-0.3, -0.25) is 0 Å². The van der Waals surface area contributed by atoms with Crippen LogP contribution in [0, 0.1) is 24.7 Å². The van der Waals surface area contributed by atoms with Gasteiger partial charge in [-0.2, -0.15) is 0 Å². The molecule has 0 aliphatic heterocycles. The third-order valence-corrected chi connectivity index (χ3v) is 4.80. The summed E-state index contributed by atoms with van der Waals surface area (Å²) in [6.07, 6.45) is 5.80. The van der Waals surface area contributed by atoms with Crippen LogP contribution in [0.4, 0.5) is 11.5 Å². The third-order valence-electron chi connectivity index (χ3n) is 4.80. The maximum Gasteiger partial charge on any atom is 0.151 e. The van der Waals surface area contributed by atoms with E-state index in [0.29, 0.717) is 0 Å². The number of hydrogen-bond acceptors (Lipinski definition) is 3. The molecule has 3 rings (SSSR count). The van der Waals surface area contributed by atoms with Crippen molar-refractivity contribution in [2.24, 2.45) is 17.8 Å². The molecular formula is C15H23N3. The van der Waals surface area contributed by atoms with Gasteiger partial charge in [-0.15, -0.1) is 0 Å². The molecule has 3 nitrogen and oxygen atoms in total. The van der Waals surface area contributed by atoms with Gasteiger partial charge in [0, 0.05) is 19.3 Å². The molecule has 3 heteroatoms. The van der Waals surface area contributed by atoms with Crippen molar-refractivity contribution in [1.29, 1.82) is 0 Å². The second-order valence-corrected chi connectivity index (χ2v) is 6.18. The number of hydrogen-bond donors (Lipinski definition) is 1. The quantitative estimate of drug-likeness (QED) is 0.890. The fourth-order valence-electron chi connectivity index (χ4n) is 3.90. The van der Waals surface area contributed by atoms with E-state index in [9.17, 15) is 0 Å². The van der Waals surface area contributed by atoms with Crippen LogP contribution in [0.5, 0.6) is 0 Å². The van der Waals surface area contributed by atoms with Crippen LogP contribution >= 0.6 is 0 Å². The van der Waals surface area contributed by atoms with E-state index in [2.05, 4.69) is 16.9 Å². The lowest BCUT2D eigenvalue weighted by atomic mass is 9.88. The van der Waals surface area contributed by atoms with Crippen molar-refractivity contribution < 1.29 is 0 Å². The summed E-state index contributed by atoms with van der Waals surface area (Å²) >= 11 is 0. The van der Waals surface area contributed by atoms with Crippen LogP contribution in [0.15, 0.2) is 12.1 Å². The van der Waals surface area contributed by atoms with Gasteiger partial charge in [0.05, 0.1) is 5.69 Å². The first kappa shape index (κ1) is 11.8. The van der Waals surface area contributed by atoms with Crippen LogP contribution in [-0.4, -0.2) is 18.6 Å². The molecule has 2 bridgehead atoms. The second kappa shape index (κ2) is 4.45. The van der Waals surface area contributed by atoms with Gasteiger partial charge in [-0.05, 0) is 56.1 Å². The van der Waals surface area contributed by atoms with E-state index in [1.165, 1.54) is 25.7 Å². The Morgan fingerprint density at radius 1 is 1.33 bits per heavy atom. The van der Waals surface area contributed by atoms with E-state index < -0.39 is 0 Å². The highest BCUT2D eigenvalue weighted by molar-refractivity contribution is 5.62. The Bertz CT molecular complexity index is 443. The SMILES string of the molecule is Cc1ccc(N)c(N(C)CC2CC3CCC2C3)n1. The monoisotopic (exact) mass is 245 g/mol. The van der Waals surface area contributed by atoms with Crippen molar-refractivity contribution in [3.63, 3.8) is 0 Å². The van der Waals surface area contributed by atoms with E-state index in [0.717, 1.165) is 41.5 Å². The molecule has 2 N–H and O–H groups in total. The first-order valence-electron chi connectivity index (χ1n) is 7.07. The molecule has 2 fully saturated rings. The Morgan fingerprint density at radius 3 is 2.83 bits per heavy atom. The van der Waals surface area contributed by atoms with Crippen molar-refractivity contribution in [1.82, 2.24) is 4.98 Å². The Balaban J connectivity index is 1.71. The Labute approximate surface area is 109 Å². The molecular weight excluding hydrogens is 222 g/mol. The molecule has 1 aromatic heterocycles. The largest absolute Gasteiger partial charge is 0.396 e. The summed E-state index contributed by atoms with van der Waals surface area (Å²) in [6.45, 7) is 3.14. The van der Waals surface area contributed by atoms with Crippen LogP contribution in [-0.2, 0) is 0 Å². The summed E-state index contributed by atoms with van der Waals surface area (Å²) in [5.74, 6) is 3.79. The fraction of sp³-hybridized carbons (Fsp3) is 0.667. The predicted octanol–water partition coefficient (Wildman–Crippen LogP) is 2.84. The number of rotatable bonds is 3. The van der Waals surface area contributed by atoms with E-state index in [1.807, 2.05) is 19.1 Å². The zero-order chi connectivity index (χ0) is 12.7. The van der Waals surface area contributed by atoms with Gasteiger partial charge in [-0.25, -0.2) is 4.98 Å². The molecule has 0 aromatic carbocycles. The lowest BCUT2D eigenvalue weighted by Gasteiger charge is -2.28. The van der Waals surface area contributed by atoms with E-state index in [4.69, 9.17) is 5.73 Å². The molecule has 2 saturated carbocycles. The molecule has 0 spiro atoms. The normalized spacial score (nSPS) is 29.8. The molecule has 98 valence electrons. The fourth-order valence-corrected chi connectivity index (χ4v) is 3.90. The molecule has 2 aliphatic rings. The predicted molar refractivity (Wildman–Crippen MR) is 75.6 cm³/mol. The maximum absolute atomic E-state index is 6.04. The van der Waals surface area contributed by atoms with Crippen LogP contribution in [0.25, 0.3) is 0 Å². The number of nitrogens with zero attached hydrogens (tertiary/aromatic N) is 2. The third kappa shape index (κ3) is 2.06. The first-order valence-corrected chi connectivity index (χ1v) is 7.07. The van der Waals surface area contributed by atoms with Crippen molar-refractivity contribution in [2.45, 2.75) is 32.6 Å². The molecule has 0 radical (unpaired) electrons. The average molecular weight is 245 g/mol. The lowest BCUT2D eigenvalue weighted by Crippen LogP contribution is -2.29. The summed E-state index contributed by atoms with van der Waals surface area (Å²) in [6, 6.07) is 3.94. The minimum absolute atomic E-state index is 0.797. The van der Waals surface area contributed by atoms with Gasteiger partial charge in [0.1, 0.15) is 0 Å². The highest BCUT2D eigenvalue weighted by Crippen LogP contribution is 2.48. The minimum atomic E-state index is 0.797. The number of nitrogens with two attached hydrogens (primary N) is 1. The van der Waals surface area contributed by atoms with Gasteiger partial charge in [-0.1, -0.05) is 6.42 Å².